The Morgan fingerprint density at radius 2 is 1.61 bits per heavy atom. The maximum absolute atomic E-state index is 14.8. The second-order valence-corrected chi connectivity index (χ2v) is 21.1. The number of fused-ring (bicyclic) bond motifs is 4. The number of carbonyl (C=O) groups is 9. The van der Waals surface area contributed by atoms with Gasteiger partial charge in [-0.05, 0) is 109 Å². The minimum absolute atomic E-state index is 0.00646. The molecule has 2 aromatic heterocycles. The summed E-state index contributed by atoms with van der Waals surface area (Å²) in [6.07, 6.45) is 4.48. The second-order valence-electron chi connectivity index (χ2n) is 20.3. The van der Waals surface area contributed by atoms with Crippen LogP contribution in [0.5, 0.6) is 5.75 Å². The van der Waals surface area contributed by atoms with E-state index in [0.717, 1.165) is 6.08 Å². The average molecular weight is 1120 g/mol. The van der Waals surface area contributed by atoms with Gasteiger partial charge in [0.05, 0.1) is 10.6 Å². The Balaban J connectivity index is 1.48. The van der Waals surface area contributed by atoms with Crippen LogP contribution in [-0.2, 0) is 49.6 Å². The largest absolute Gasteiger partial charge is 0.508 e. The molecular formula is C53H75BrN10O12. The summed E-state index contributed by atoms with van der Waals surface area (Å²) in [5.41, 5.74) is 1.41. The number of phenols is 1. The molecule has 10 N–H and O–H groups in total. The molecule has 416 valence electrons. The van der Waals surface area contributed by atoms with Crippen molar-refractivity contribution in [2.24, 2.45) is 17.8 Å². The van der Waals surface area contributed by atoms with Crippen LogP contribution in [0.25, 0.3) is 17.0 Å². The van der Waals surface area contributed by atoms with Gasteiger partial charge in [0, 0.05) is 36.5 Å². The standard InChI is InChI=1S/C53H75BrN10O12/c1-9-14-36(60-49(72)42(28(6)10-2)63-50(73)43(67)29(7)11-3)47(70)61-37-15-12-21-55-46(69)39(25-34-33-24-32(65)18-19-35(33)59-45(34)54)58-41(66)20-17-31-26-76-52(57-31)30(8)56-51(74)44(68)38(23-27(4)5)62-48(71)40-16-13-22-64(40)53(37)75/h17-20,24,26-30,36-40,42-43,59,65,67H,9-16,21-23,25H2,1-8H3,(H,55,69)(H,56,74)(H,58,66)(H,60,72)(H,61,70)(H,62,71)(H,63,73). The molecule has 1 saturated heterocycles. The van der Waals surface area contributed by atoms with Crippen LogP contribution in [0, 0.1) is 17.8 Å². The van der Waals surface area contributed by atoms with Gasteiger partial charge < -0.3 is 61.7 Å². The van der Waals surface area contributed by atoms with Gasteiger partial charge in [0.25, 0.3) is 5.91 Å². The maximum Gasteiger partial charge on any atom is 0.290 e. The zero-order chi connectivity index (χ0) is 56.0. The predicted octanol–water partition coefficient (Wildman–Crippen LogP) is 3.25. The Bertz CT molecular complexity index is 2610. The van der Waals surface area contributed by atoms with Gasteiger partial charge in [-0.3, -0.25) is 43.2 Å². The number of hydrogen-bond donors (Lipinski definition) is 10. The molecule has 10 unspecified atom stereocenters. The number of ketones is 1. The number of amides is 8. The number of carbonyl (C=O) groups excluding carboxylic acids is 9. The molecule has 22 nitrogen and oxygen atoms in total. The van der Waals surface area contributed by atoms with E-state index in [2.05, 4.69) is 63.1 Å². The summed E-state index contributed by atoms with van der Waals surface area (Å²) in [6, 6.07) is -3.47. The van der Waals surface area contributed by atoms with Gasteiger partial charge in [0.1, 0.15) is 60.1 Å². The van der Waals surface area contributed by atoms with E-state index >= 15 is 0 Å². The molecule has 76 heavy (non-hydrogen) atoms. The fraction of sp³-hybridized carbons (Fsp3) is 0.585. The van der Waals surface area contributed by atoms with Gasteiger partial charge in [0.15, 0.2) is 0 Å². The molecule has 1 aromatic carbocycles. The molecule has 5 rings (SSSR count). The molecule has 0 radical (unpaired) electrons. The number of aromatic hydroxyl groups is 1. The van der Waals surface area contributed by atoms with Gasteiger partial charge in [-0.2, -0.15) is 0 Å². The molecule has 23 heteroatoms. The lowest BCUT2D eigenvalue weighted by molar-refractivity contribution is -0.144. The Morgan fingerprint density at radius 3 is 2.29 bits per heavy atom. The van der Waals surface area contributed by atoms with Crippen molar-refractivity contribution >= 4 is 85.9 Å². The van der Waals surface area contributed by atoms with Crippen molar-refractivity contribution in [1.82, 2.24) is 52.1 Å². The van der Waals surface area contributed by atoms with Crippen LogP contribution in [0.2, 0.25) is 0 Å². The summed E-state index contributed by atoms with van der Waals surface area (Å²) in [5.74, 6) is -7.67. The first-order valence-electron chi connectivity index (χ1n) is 26.3. The number of halogens is 1. The molecule has 2 aliphatic rings. The van der Waals surface area contributed by atoms with E-state index in [9.17, 15) is 53.4 Å². The van der Waals surface area contributed by atoms with Gasteiger partial charge in [0.2, 0.25) is 53.0 Å². The topological polar surface area (TPSA) is 323 Å². The summed E-state index contributed by atoms with van der Waals surface area (Å²) in [5, 5.41) is 40.7. The predicted molar refractivity (Wildman–Crippen MR) is 284 cm³/mol. The highest BCUT2D eigenvalue weighted by Gasteiger charge is 2.41. The molecule has 0 saturated carbocycles. The Labute approximate surface area is 451 Å². The monoisotopic (exact) mass is 1120 g/mol. The van der Waals surface area contributed by atoms with Crippen molar-refractivity contribution in [3.05, 3.63) is 52.3 Å². The normalized spacial score (nSPS) is 22.5. The lowest BCUT2D eigenvalue weighted by atomic mass is 9.95. The third-order valence-corrected chi connectivity index (χ3v) is 14.7. The number of aliphatic hydroxyl groups excluding tert-OH is 1. The highest BCUT2D eigenvalue weighted by molar-refractivity contribution is 9.10. The SMILES string of the molecule is CCCC(NC(=O)C(NC(=O)C(O)C(C)CC)C(C)CC)C(=O)NC1CCCNC(=O)C(Cc2c(Br)[nH]c3ccc(O)cc23)NC(=O)C=Cc2coc(n2)C(C)NC(=O)C(=O)C(CC(C)C)NC(=O)C2CCCN2C1=O. The minimum atomic E-state index is -1.37. The number of rotatable bonds is 16. The van der Waals surface area contributed by atoms with Crippen molar-refractivity contribution in [3.8, 4) is 5.75 Å². The first kappa shape index (κ1) is 60.2. The highest BCUT2D eigenvalue weighted by atomic mass is 79.9. The van der Waals surface area contributed by atoms with Gasteiger partial charge in [-0.15, -0.1) is 0 Å². The van der Waals surface area contributed by atoms with Crippen LogP contribution in [0.3, 0.4) is 0 Å². The highest BCUT2D eigenvalue weighted by Crippen LogP contribution is 2.31. The number of nitrogens with zero attached hydrogens (tertiary/aromatic N) is 2. The van der Waals surface area contributed by atoms with Crippen LogP contribution in [0.15, 0.2) is 39.6 Å². The number of H-pyrrole nitrogens is 1. The Hall–Kier alpha value is -6.62. The van der Waals surface area contributed by atoms with E-state index in [1.807, 2.05) is 27.7 Å². The third kappa shape index (κ3) is 16.0. The molecule has 2 bridgehead atoms. The quantitative estimate of drug-likeness (QED) is 0.0923. The lowest BCUT2D eigenvalue weighted by Gasteiger charge is -2.31. The van der Waals surface area contributed by atoms with E-state index < -0.39 is 107 Å². The first-order valence-corrected chi connectivity index (χ1v) is 27.1. The van der Waals surface area contributed by atoms with Crippen molar-refractivity contribution in [2.75, 3.05) is 13.1 Å². The van der Waals surface area contributed by atoms with Crippen LogP contribution >= 0.6 is 15.9 Å². The average Bonchev–Trinajstić information content (AvgIpc) is 4.15. The van der Waals surface area contributed by atoms with Gasteiger partial charge in [-0.1, -0.05) is 67.7 Å². The number of nitrogens with one attached hydrogen (secondary N) is 8. The maximum atomic E-state index is 14.8. The molecule has 4 heterocycles. The summed E-state index contributed by atoms with van der Waals surface area (Å²) >= 11 is 3.51. The van der Waals surface area contributed by atoms with E-state index in [-0.39, 0.29) is 80.8 Å². The first-order chi connectivity index (χ1) is 36.1. The molecule has 8 amide bonds. The molecule has 1 fully saturated rings. The third-order valence-electron chi connectivity index (χ3n) is 14.0. The molecular weight excluding hydrogens is 1050 g/mol. The lowest BCUT2D eigenvalue weighted by Crippen LogP contribution is -2.60. The zero-order valence-electron chi connectivity index (χ0n) is 44.5. The van der Waals surface area contributed by atoms with Crippen molar-refractivity contribution in [1.29, 1.82) is 0 Å². The summed E-state index contributed by atoms with van der Waals surface area (Å²) in [6.45, 7) is 14.1. The van der Waals surface area contributed by atoms with Crippen molar-refractivity contribution in [3.63, 3.8) is 0 Å². The zero-order valence-corrected chi connectivity index (χ0v) is 46.1. The molecule has 0 aliphatic carbocycles. The smallest absolute Gasteiger partial charge is 0.290 e. The van der Waals surface area contributed by atoms with E-state index in [1.165, 1.54) is 36.3 Å². The fourth-order valence-corrected chi connectivity index (χ4v) is 9.74. The van der Waals surface area contributed by atoms with E-state index in [0.29, 0.717) is 46.8 Å². The fourth-order valence-electron chi connectivity index (χ4n) is 9.15. The number of benzene rings is 1. The molecule has 3 aromatic rings. The number of aromatic amines is 1. The Morgan fingerprint density at radius 1 is 0.882 bits per heavy atom. The number of hydrogen-bond acceptors (Lipinski definition) is 13. The van der Waals surface area contributed by atoms with Gasteiger partial charge in [-0.25, -0.2) is 4.98 Å². The number of oxazole rings is 1. The molecule has 0 spiro atoms. The van der Waals surface area contributed by atoms with Crippen LogP contribution in [0.1, 0.15) is 136 Å². The van der Waals surface area contributed by atoms with Crippen LogP contribution in [-0.4, -0.2) is 134 Å². The van der Waals surface area contributed by atoms with E-state index in [1.54, 1.807) is 26.8 Å². The van der Waals surface area contributed by atoms with Gasteiger partial charge >= 0.3 is 0 Å². The minimum Gasteiger partial charge on any atom is -0.508 e. The number of phenolic OH excluding ortho intramolecular Hbond substituents is 1. The van der Waals surface area contributed by atoms with Crippen molar-refractivity contribution in [2.45, 2.75) is 168 Å². The summed E-state index contributed by atoms with van der Waals surface area (Å²) in [7, 11) is 0. The summed E-state index contributed by atoms with van der Waals surface area (Å²) < 4.78 is 6.08. The number of aromatic nitrogens is 2. The van der Waals surface area contributed by atoms with Crippen LogP contribution < -0.4 is 37.2 Å². The molecule has 2 aliphatic heterocycles. The number of Topliss-reactive ketones (excluding diaryl/α,β-unsaturated/α-hetero) is 1. The van der Waals surface area contributed by atoms with Crippen LogP contribution in [0.4, 0.5) is 0 Å². The molecule has 10 atom stereocenters. The second kappa shape index (κ2) is 28.0. The Kier molecular flexibility index (Phi) is 22.2. The number of aliphatic hydroxyl groups is 1. The summed E-state index contributed by atoms with van der Waals surface area (Å²) in [4.78, 5) is 134. The van der Waals surface area contributed by atoms with Crippen molar-refractivity contribution < 1.29 is 57.8 Å². The van der Waals surface area contributed by atoms with E-state index in [4.69, 9.17) is 4.42 Å².